The molecule has 0 fully saturated rings. The van der Waals surface area contributed by atoms with Crippen molar-refractivity contribution in [3.05, 3.63) is 90.5 Å². The van der Waals surface area contributed by atoms with E-state index in [1.54, 1.807) is 61.5 Å². The van der Waals surface area contributed by atoms with Gasteiger partial charge >= 0.3 is 0 Å². The van der Waals surface area contributed by atoms with Gasteiger partial charge in [-0.25, -0.2) is 5.26 Å². The molecule has 5 rings (SSSR count). The number of anilines is 5. The van der Waals surface area contributed by atoms with Gasteiger partial charge in [-0.2, -0.15) is 60.7 Å². The summed E-state index contributed by atoms with van der Waals surface area (Å²) in [6, 6.07) is 21.4. The first-order chi connectivity index (χ1) is 28.4. The van der Waals surface area contributed by atoms with Crippen molar-refractivity contribution in [2.75, 3.05) is 40.6 Å². The van der Waals surface area contributed by atoms with E-state index in [2.05, 4.69) is 60.7 Å². The van der Waals surface area contributed by atoms with Crippen molar-refractivity contribution in [2.24, 2.45) is 20.5 Å². The molecular formula is C33H34N10O13S4. The second kappa shape index (κ2) is 20.5. The van der Waals surface area contributed by atoms with Gasteiger partial charge in [0.2, 0.25) is 17.8 Å². The van der Waals surface area contributed by atoms with Crippen LogP contribution in [0.1, 0.15) is 12.0 Å². The lowest BCUT2D eigenvalue weighted by Gasteiger charge is -2.15. The zero-order valence-corrected chi connectivity index (χ0v) is 34.1. The topological polar surface area (TPSA) is 335 Å². The number of azo groups is 2. The Kier molecular flexibility index (Phi) is 15.5. The summed E-state index contributed by atoms with van der Waals surface area (Å²) in [4.78, 5) is 13.3. The highest BCUT2D eigenvalue weighted by atomic mass is 32.2. The molecule has 1 aromatic heterocycles. The number of aryl methyl sites for hydroxylation is 1. The molecule has 0 aliphatic rings. The molecule has 0 radical (unpaired) electrons. The maximum atomic E-state index is 11.5. The van der Waals surface area contributed by atoms with Crippen molar-refractivity contribution in [1.29, 1.82) is 0 Å². The van der Waals surface area contributed by atoms with Gasteiger partial charge < -0.3 is 20.7 Å². The van der Waals surface area contributed by atoms with Crippen LogP contribution in [0, 0.1) is 6.92 Å². The quantitative estimate of drug-likeness (QED) is 0.00961. The lowest BCUT2D eigenvalue weighted by Crippen LogP contribution is -2.17. The number of ether oxygens (including phenoxy) is 1. The van der Waals surface area contributed by atoms with Gasteiger partial charge in [0.05, 0.1) is 63.5 Å². The van der Waals surface area contributed by atoms with Gasteiger partial charge in [0, 0.05) is 23.2 Å². The second-order valence-corrected chi connectivity index (χ2v) is 17.4. The lowest BCUT2D eigenvalue weighted by molar-refractivity contribution is -0.432. The minimum Gasteiger partial charge on any atom is -0.491 e. The number of hydrogen-bond donors (Lipinski definition) is 7. The van der Waals surface area contributed by atoms with Gasteiger partial charge in [-0.15, -0.1) is 4.33 Å². The molecule has 0 amide bonds. The fourth-order valence-corrected chi connectivity index (χ4v) is 6.53. The number of benzene rings is 4. The third-order valence-corrected chi connectivity index (χ3v) is 10.4. The van der Waals surface area contributed by atoms with Gasteiger partial charge in [-0.3, -0.25) is 13.7 Å². The van der Waals surface area contributed by atoms with Crippen molar-refractivity contribution in [2.45, 2.75) is 23.1 Å². The molecule has 60 heavy (non-hydrogen) atoms. The fourth-order valence-electron chi connectivity index (χ4n) is 4.76. The molecular weight excluding hydrogens is 873 g/mol. The van der Waals surface area contributed by atoms with Crippen LogP contribution >= 0.6 is 12.0 Å². The molecule has 318 valence electrons. The van der Waals surface area contributed by atoms with E-state index >= 15 is 0 Å². The molecule has 0 aliphatic carbocycles. The van der Waals surface area contributed by atoms with Crippen molar-refractivity contribution < 1.29 is 58.3 Å². The molecule has 0 saturated heterocycles. The van der Waals surface area contributed by atoms with E-state index < -0.39 is 41.9 Å². The van der Waals surface area contributed by atoms with Crippen LogP contribution in [-0.2, 0) is 39.7 Å². The van der Waals surface area contributed by atoms with Crippen LogP contribution in [0.5, 0.6) is 5.75 Å². The molecule has 0 spiro atoms. The molecule has 4 aromatic carbocycles. The van der Waals surface area contributed by atoms with Crippen LogP contribution in [0.4, 0.5) is 52.0 Å². The van der Waals surface area contributed by atoms with Gasteiger partial charge in [-0.05, 0) is 85.6 Å². The van der Waals surface area contributed by atoms with Gasteiger partial charge in [0.25, 0.3) is 30.4 Å². The average Bonchev–Trinajstić information content (AvgIpc) is 3.18. The molecule has 5 aromatic rings. The lowest BCUT2D eigenvalue weighted by atomic mass is 10.2. The van der Waals surface area contributed by atoms with Gasteiger partial charge in [0.15, 0.2) is 0 Å². The first-order valence-electron chi connectivity index (χ1n) is 16.9. The highest BCUT2D eigenvalue weighted by Gasteiger charge is 2.15. The van der Waals surface area contributed by atoms with Crippen molar-refractivity contribution in [1.82, 2.24) is 15.0 Å². The summed E-state index contributed by atoms with van der Waals surface area (Å²) in [7, 11) is -13.0. The van der Waals surface area contributed by atoms with E-state index in [4.69, 9.17) is 9.99 Å². The first-order valence-corrected chi connectivity index (χ1v) is 22.3. The van der Waals surface area contributed by atoms with Crippen LogP contribution in [0.3, 0.4) is 0 Å². The van der Waals surface area contributed by atoms with Crippen LogP contribution in [0.25, 0.3) is 0 Å². The molecule has 1 heterocycles. The molecule has 27 heteroatoms. The van der Waals surface area contributed by atoms with Crippen LogP contribution in [0.2, 0.25) is 0 Å². The van der Waals surface area contributed by atoms with Crippen LogP contribution in [-0.4, -0.2) is 83.8 Å². The van der Waals surface area contributed by atoms with E-state index in [0.29, 0.717) is 33.2 Å². The van der Waals surface area contributed by atoms with E-state index in [1.807, 2.05) is 0 Å². The van der Waals surface area contributed by atoms with E-state index in [0.717, 1.165) is 18.1 Å². The Morgan fingerprint density at radius 3 is 1.85 bits per heavy atom. The summed E-state index contributed by atoms with van der Waals surface area (Å²) in [5.41, 5.74) is 2.68. The van der Waals surface area contributed by atoms with Crippen molar-refractivity contribution >= 4 is 94.4 Å². The zero-order chi connectivity index (χ0) is 43.3. The summed E-state index contributed by atoms with van der Waals surface area (Å²) in [6.45, 7) is 1.31. The molecule has 0 bridgehead atoms. The molecule has 0 aliphatic heterocycles. The number of aromatic nitrogens is 3. The predicted octanol–water partition coefficient (Wildman–Crippen LogP) is 7.13. The smallest absolute Gasteiger partial charge is 0.294 e. The largest absolute Gasteiger partial charge is 0.491 e. The minimum absolute atomic E-state index is 0.0289. The Morgan fingerprint density at radius 1 is 0.667 bits per heavy atom. The molecule has 0 saturated carbocycles. The predicted molar refractivity (Wildman–Crippen MR) is 217 cm³/mol. The minimum atomic E-state index is -4.44. The molecule has 0 atom stereocenters. The monoisotopic (exact) mass is 906 g/mol. The Morgan fingerprint density at radius 2 is 1.23 bits per heavy atom. The molecule has 7 N–H and O–H groups in total. The third-order valence-electron chi connectivity index (χ3n) is 7.41. The number of rotatable bonds is 21. The highest BCUT2D eigenvalue weighted by molar-refractivity contribution is 7.94. The standard InChI is InChI=1S/C33H34N10O13S4/c1-21-17-24(42-41-23-6-3-8-27(19-23)60(51,52)53)9-11-28(21)35-32-37-31(34-13-16-59(48,49)50)38-33(39-32)36-29-12-10-25(20-30(29)54-14-4-15-58(45,46)47)43-40-22-5-2-7-26(18-22)57-56-55-44/h2-3,5-12,17-20,44H,4,13-16H2,1H3,(H,45,46,47)(H,48,49,50)(H,51,52,53)(H3,34,35,36,37,38,39). The molecule has 0 unspecified atom stereocenters. The summed E-state index contributed by atoms with van der Waals surface area (Å²) in [5, 5.41) is 37.4. The van der Waals surface area contributed by atoms with E-state index in [9.17, 15) is 38.9 Å². The maximum Gasteiger partial charge on any atom is 0.294 e. The first kappa shape index (κ1) is 45.3. The molecule has 23 nitrogen and oxygen atoms in total. The Hall–Kier alpha value is -5.75. The SMILES string of the molecule is Cc1cc(N=Nc2cccc(S(=O)(=O)O)c2)ccc1Nc1nc(NCCS(=O)(=O)O)nc(Nc2ccc(N=Nc3cccc(SOOO)c3)cc2OCCCS(=O)(=O)O)n1. The normalized spacial score (nSPS) is 12.2. The fraction of sp³-hybridized carbons (Fsp3) is 0.182. The summed E-state index contributed by atoms with van der Waals surface area (Å²) in [6.07, 6.45) is -0.0729. The summed E-state index contributed by atoms with van der Waals surface area (Å²) in [5.74, 6) is -1.31. The number of hydrogen-bond acceptors (Lipinski definition) is 21. The van der Waals surface area contributed by atoms with Crippen molar-refractivity contribution in [3.8, 4) is 5.75 Å². The Balaban J connectivity index is 1.41. The van der Waals surface area contributed by atoms with Gasteiger partial charge in [0.1, 0.15) is 5.75 Å². The van der Waals surface area contributed by atoms with Crippen molar-refractivity contribution in [3.63, 3.8) is 0 Å². The highest BCUT2D eigenvalue weighted by Crippen LogP contribution is 2.34. The van der Waals surface area contributed by atoms with Crippen LogP contribution < -0.4 is 20.7 Å². The Labute approximate surface area is 346 Å². The Bertz CT molecular complexity index is 2710. The number of nitrogens with one attached hydrogen (secondary N) is 3. The summed E-state index contributed by atoms with van der Waals surface area (Å²) < 4.78 is 106. The zero-order valence-electron chi connectivity index (χ0n) is 30.8. The number of nitrogens with zero attached hydrogens (tertiary/aromatic N) is 7. The second-order valence-electron chi connectivity index (χ2n) is 12.0. The third kappa shape index (κ3) is 15.1. The van der Waals surface area contributed by atoms with Gasteiger partial charge in [-0.1, -0.05) is 17.2 Å². The average molecular weight is 907 g/mol. The van der Waals surface area contributed by atoms with E-state index in [-0.39, 0.29) is 59.4 Å². The summed E-state index contributed by atoms with van der Waals surface area (Å²) >= 11 is 0.731. The maximum absolute atomic E-state index is 11.5. The van der Waals surface area contributed by atoms with Crippen LogP contribution in [0.15, 0.2) is 115 Å². The van der Waals surface area contributed by atoms with E-state index in [1.165, 1.54) is 24.3 Å².